The predicted octanol–water partition coefficient (Wildman–Crippen LogP) is 0.541. The highest BCUT2D eigenvalue weighted by Crippen LogP contribution is 1.58. The molecule has 3 heteroatoms. The standard InChI is InChI=1S/C7H4N2O/c1-2-3-4-5-6-9-7(8)10/h1H2,(H2,8,10). The van der Waals surface area contributed by atoms with Crippen molar-refractivity contribution in [2.24, 2.45) is 10.7 Å². The van der Waals surface area contributed by atoms with Crippen molar-refractivity contribution >= 4 is 11.9 Å². The summed E-state index contributed by atoms with van der Waals surface area (Å²) in [4.78, 5) is 12.9. The van der Waals surface area contributed by atoms with E-state index in [0.29, 0.717) is 0 Å². The van der Waals surface area contributed by atoms with Crippen LogP contribution in [0.4, 0.5) is 4.79 Å². The van der Waals surface area contributed by atoms with Crippen molar-refractivity contribution in [3.05, 3.63) is 29.5 Å². The van der Waals surface area contributed by atoms with Gasteiger partial charge in [0.25, 0.3) is 0 Å². The summed E-state index contributed by atoms with van der Waals surface area (Å²) in [5.41, 5.74) is 13.8. The van der Waals surface area contributed by atoms with Crippen LogP contribution in [0.1, 0.15) is 0 Å². The number of amides is 2. The number of carbonyl (C=O) groups excluding carboxylic acids is 1. The first kappa shape index (κ1) is 8.04. The molecule has 0 unspecified atom stereocenters. The van der Waals surface area contributed by atoms with Crippen LogP contribution in [0, 0.1) is 0 Å². The van der Waals surface area contributed by atoms with Crippen molar-refractivity contribution in [2.45, 2.75) is 0 Å². The third kappa shape index (κ3) is 6.04. The van der Waals surface area contributed by atoms with Crippen molar-refractivity contribution in [1.29, 1.82) is 0 Å². The summed E-state index contributed by atoms with van der Waals surface area (Å²) in [6.45, 7) is 3.20. The lowest BCUT2D eigenvalue weighted by Crippen LogP contribution is -2.02. The Morgan fingerprint density at radius 3 is 2.60 bits per heavy atom. The quantitative estimate of drug-likeness (QED) is 0.379. The Balaban J connectivity index is 4.71. The molecule has 0 radical (unpaired) electrons. The van der Waals surface area contributed by atoms with Gasteiger partial charge in [-0.1, -0.05) is 5.73 Å². The van der Waals surface area contributed by atoms with Crippen LogP contribution in [0.5, 0.6) is 0 Å². The van der Waals surface area contributed by atoms with Gasteiger partial charge in [0.1, 0.15) is 0 Å². The summed E-state index contributed by atoms with van der Waals surface area (Å²) < 4.78 is 0. The smallest absolute Gasteiger partial charge is 0.347 e. The van der Waals surface area contributed by atoms with E-state index in [1.165, 1.54) is 0 Å². The fraction of sp³-hybridized carbons (Fsp3) is 0. The zero-order valence-electron chi connectivity index (χ0n) is 5.14. The van der Waals surface area contributed by atoms with Crippen molar-refractivity contribution in [3.63, 3.8) is 0 Å². The second kappa shape index (κ2) is 5.18. The average Bonchev–Trinajstić information content (AvgIpc) is 1.87. The van der Waals surface area contributed by atoms with Crippen LogP contribution in [0.3, 0.4) is 0 Å². The second-order valence-corrected chi connectivity index (χ2v) is 1.11. The van der Waals surface area contributed by atoms with Crippen LogP contribution in [0.15, 0.2) is 34.5 Å². The number of hydrogen-bond acceptors (Lipinski definition) is 1. The van der Waals surface area contributed by atoms with Crippen LogP contribution in [0.2, 0.25) is 0 Å². The van der Waals surface area contributed by atoms with E-state index in [1.54, 1.807) is 0 Å². The molecule has 48 valence electrons. The minimum Gasteiger partial charge on any atom is -0.349 e. The van der Waals surface area contributed by atoms with Gasteiger partial charge < -0.3 is 5.73 Å². The molecule has 3 nitrogen and oxygen atoms in total. The zero-order valence-corrected chi connectivity index (χ0v) is 5.14. The highest BCUT2D eigenvalue weighted by atomic mass is 16.2. The van der Waals surface area contributed by atoms with E-state index in [1.807, 2.05) is 0 Å². The Morgan fingerprint density at radius 1 is 1.40 bits per heavy atom. The largest absolute Gasteiger partial charge is 0.349 e. The van der Waals surface area contributed by atoms with Gasteiger partial charge in [0.15, 0.2) is 0 Å². The molecule has 0 bridgehead atoms. The molecule has 0 aromatic heterocycles. The Hall–Kier alpha value is -1.96. The van der Waals surface area contributed by atoms with E-state index in [0.717, 1.165) is 0 Å². The van der Waals surface area contributed by atoms with E-state index in [4.69, 9.17) is 0 Å². The Labute approximate surface area is 57.9 Å². The van der Waals surface area contributed by atoms with Crippen molar-refractivity contribution in [1.82, 2.24) is 0 Å². The monoisotopic (exact) mass is 132 g/mol. The van der Waals surface area contributed by atoms with Gasteiger partial charge in [-0.2, -0.15) is 0 Å². The minimum atomic E-state index is -0.822. The van der Waals surface area contributed by atoms with Gasteiger partial charge in [-0.3, -0.25) is 0 Å². The zero-order chi connectivity index (χ0) is 7.82. The molecule has 0 fully saturated rings. The highest BCUT2D eigenvalue weighted by molar-refractivity contribution is 5.79. The molecule has 0 saturated carbocycles. The number of nitrogens with zero attached hydrogens (tertiary/aromatic N) is 1. The highest BCUT2D eigenvalue weighted by Gasteiger charge is 1.74. The SMILES string of the molecule is C=C=C=C=C=C=NC(N)=O. The van der Waals surface area contributed by atoms with Crippen molar-refractivity contribution < 1.29 is 4.79 Å². The van der Waals surface area contributed by atoms with Crippen LogP contribution < -0.4 is 5.73 Å². The number of aliphatic imine (C=N–C) groups is 1. The van der Waals surface area contributed by atoms with E-state index in [9.17, 15) is 4.79 Å². The van der Waals surface area contributed by atoms with E-state index < -0.39 is 6.03 Å². The molecule has 0 aliphatic carbocycles. The van der Waals surface area contributed by atoms with Gasteiger partial charge in [0.2, 0.25) is 0 Å². The molecule has 0 aliphatic heterocycles. The molecule has 2 N–H and O–H groups in total. The van der Waals surface area contributed by atoms with Crippen molar-refractivity contribution in [2.75, 3.05) is 0 Å². The molecule has 10 heavy (non-hydrogen) atoms. The van der Waals surface area contributed by atoms with Crippen LogP contribution in [-0.4, -0.2) is 11.9 Å². The number of urea groups is 1. The lowest BCUT2D eigenvalue weighted by molar-refractivity contribution is 0.257. The molecule has 0 heterocycles. The maximum Gasteiger partial charge on any atom is 0.347 e. The number of nitrogens with two attached hydrogens (primary N) is 1. The van der Waals surface area contributed by atoms with Crippen LogP contribution in [-0.2, 0) is 0 Å². The molecule has 0 aliphatic rings. The summed E-state index contributed by atoms with van der Waals surface area (Å²) in [5.74, 6) is 2.08. The van der Waals surface area contributed by atoms with Crippen LogP contribution in [0.25, 0.3) is 0 Å². The van der Waals surface area contributed by atoms with Gasteiger partial charge in [-0.15, -0.1) is 4.99 Å². The fourth-order valence-electron chi connectivity index (χ4n) is 0.186. The Bertz CT molecular complexity index is 312. The first-order chi connectivity index (χ1) is 4.77. The minimum absolute atomic E-state index is 0.822. The van der Waals surface area contributed by atoms with Gasteiger partial charge in [0, 0.05) is 11.5 Å². The molecular weight excluding hydrogens is 128 g/mol. The first-order valence-electron chi connectivity index (χ1n) is 2.29. The van der Waals surface area contributed by atoms with Crippen molar-refractivity contribution in [3.8, 4) is 0 Å². The average molecular weight is 132 g/mol. The predicted molar refractivity (Wildman–Crippen MR) is 36.7 cm³/mol. The maximum atomic E-state index is 9.91. The number of hydrogen-bond donors (Lipinski definition) is 1. The summed E-state index contributed by atoms with van der Waals surface area (Å²) in [5, 5.41) is 0. The number of rotatable bonds is 0. The molecule has 0 saturated heterocycles. The molecule has 0 aromatic rings. The molecule has 2 amide bonds. The summed E-state index contributed by atoms with van der Waals surface area (Å²) in [6, 6.07) is -0.822. The lowest BCUT2D eigenvalue weighted by atomic mass is 10.7. The topological polar surface area (TPSA) is 55.4 Å². The molecule has 0 rings (SSSR count). The second-order valence-electron chi connectivity index (χ2n) is 1.11. The van der Waals surface area contributed by atoms with Crippen LogP contribution >= 0.6 is 0 Å². The number of carbonyl (C=O) groups is 1. The van der Waals surface area contributed by atoms with E-state index in [2.05, 4.69) is 46.1 Å². The molecule has 0 atom stereocenters. The Morgan fingerprint density at radius 2 is 2.10 bits per heavy atom. The first-order valence-corrected chi connectivity index (χ1v) is 2.29. The van der Waals surface area contributed by atoms with Gasteiger partial charge in [0.05, 0.1) is 5.87 Å². The summed E-state index contributed by atoms with van der Waals surface area (Å²) in [6.07, 6.45) is 0. The van der Waals surface area contributed by atoms with E-state index >= 15 is 0 Å². The van der Waals surface area contributed by atoms with Gasteiger partial charge >= 0.3 is 6.03 Å². The summed E-state index contributed by atoms with van der Waals surface area (Å²) in [7, 11) is 0. The van der Waals surface area contributed by atoms with Gasteiger partial charge in [-0.25, -0.2) is 4.79 Å². The molecule has 0 spiro atoms. The fourth-order valence-corrected chi connectivity index (χ4v) is 0.186. The molecular formula is C7H4N2O. The normalized spacial score (nSPS) is 5.20. The summed E-state index contributed by atoms with van der Waals surface area (Å²) >= 11 is 0. The third-order valence-electron chi connectivity index (χ3n) is 0.435. The molecule has 0 aromatic carbocycles. The number of primary amides is 1. The maximum absolute atomic E-state index is 9.91. The van der Waals surface area contributed by atoms with E-state index in [-0.39, 0.29) is 0 Å². The van der Waals surface area contributed by atoms with Gasteiger partial charge in [-0.05, 0) is 12.3 Å². The third-order valence-corrected chi connectivity index (χ3v) is 0.435. The lowest BCUT2D eigenvalue weighted by Gasteiger charge is -1.65. The Kier molecular flexibility index (Phi) is 4.17.